The second kappa shape index (κ2) is 38.8. The number of rotatable bonds is 43. The topological polar surface area (TPSA) is 141 Å². The minimum absolute atomic E-state index is 0.170. The lowest BCUT2D eigenvalue weighted by atomic mass is 10.1. The average Bonchev–Trinajstić information content (AvgIpc) is 3.62. The number of hydrogen-bond donors (Lipinski definition) is 0. The highest BCUT2D eigenvalue weighted by molar-refractivity contribution is 5.92. The molecule has 1 unspecified atom stereocenters. The molecule has 0 aliphatic rings. The number of carbonyl (C=O) groups is 2. The summed E-state index contributed by atoms with van der Waals surface area (Å²) >= 11 is 0. The molecule has 1 atom stereocenters. The lowest BCUT2D eigenvalue weighted by Crippen LogP contribution is -2.15. The summed E-state index contributed by atoms with van der Waals surface area (Å²) in [5.74, 6) is 3.57. The Kier molecular flexibility index (Phi) is 30.5. The van der Waals surface area contributed by atoms with Gasteiger partial charge in [0.15, 0.2) is 23.1 Å². The second-order valence-electron chi connectivity index (χ2n) is 21.8. The van der Waals surface area contributed by atoms with Gasteiger partial charge in [-0.05, 0) is 199 Å². The number of unbranched alkanes of at least 4 members (excludes halogenated alkanes) is 19. The fraction of sp³-hybridized carbons (Fsp3) is 0.514. The second-order valence-corrected chi connectivity index (χ2v) is 21.8. The van der Waals surface area contributed by atoms with E-state index in [4.69, 9.17) is 28.4 Å². The molecule has 6 aromatic rings. The van der Waals surface area contributed by atoms with Gasteiger partial charge < -0.3 is 28.4 Å². The zero-order valence-corrected chi connectivity index (χ0v) is 50.0. The molecule has 0 aliphatic carbocycles. The molecule has 0 aliphatic heterocycles. The lowest BCUT2D eigenvalue weighted by molar-refractivity contribution is 0.0319. The Balaban J connectivity index is 0.914. The van der Waals surface area contributed by atoms with Crippen molar-refractivity contribution >= 4 is 11.9 Å². The Morgan fingerprint density at radius 3 is 1.26 bits per heavy atom. The summed E-state index contributed by atoms with van der Waals surface area (Å²) in [6.07, 6.45) is 37.8. The van der Waals surface area contributed by atoms with E-state index in [9.17, 15) is 9.59 Å². The fourth-order valence-electron chi connectivity index (χ4n) is 9.61. The molecule has 0 spiro atoms. The van der Waals surface area contributed by atoms with Crippen LogP contribution in [0.5, 0.6) is 28.7 Å². The van der Waals surface area contributed by atoms with Crippen molar-refractivity contribution in [3.63, 3.8) is 0 Å². The number of ether oxygens (including phenoxy) is 6. The summed E-state index contributed by atoms with van der Waals surface area (Å²) in [4.78, 5) is 44.8. The summed E-state index contributed by atoms with van der Waals surface area (Å²) in [5.41, 5.74) is 5.07. The molecule has 0 amide bonds. The van der Waals surface area contributed by atoms with E-state index in [1.54, 1.807) is 42.5 Å². The minimum Gasteiger partial charge on any atom is -0.494 e. The van der Waals surface area contributed by atoms with Crippen molar-refractivity contribution in [1.82, 2.24) is 19.9 Å². The predicted octanol–water partition coefficient (Wildman–Crippen LogP) is 18.2. The summed E-state index contributed by atoms with van der Waals surface area (Å²) in [6.45, 7) is 10.8. The molecule has 0 radical (unpaired) electrons. The first kappa shape index (κ1) is 64.3. The van der Waals surface area contributed by atoms with Crippen molar-refractivity contribution < 1.29 is 38.0 Å². The molecular formula is C70H94N4O8. The third kappa shape index (κ3) is 24.7. The van der Waals surface area contributed by atoms with Crippen molar-refractivity contribution in [3.8, 4) is 51.5 Å². The molecule has 442 valence electrons. The first-order chi connectivity index (χ1) is 40.3. The van der Waals surface area contributed by atoms with Crippen LogP contribution >= 0.6 is 0 Å². The van der Waals surface area contributed by atoms with Crippen LogP contribution in [-0.4, -0.2) is 64.4 Å². The normalized spacial score (nSPS) is 11.5. The molecular weight excluding hydrogens is 1020 g/mol. The van der Waals surface area contributed by atoms with Crippen molar-refractivity contribution in [2.24, 2.45) is 0 Å². The number of carbonyl (C=O) groups excluding carboxylic acids is 2. The molecule has 6 rings (SSSR count). The summed E-state index contributed by atoms with van der Waals surface area (Å²) in [6, 6.07) is 27.6. The highest BCUT2D eigenvalue weighted by Gasteiger charge is 2.17. The number of aromatic nitrogens is 4. The first-order valence-electron chi connectivity index (χ1n) is 31.3. The van der Waals surface area contributed by atoms with Crippen LogP contribution in [0.25, 0.3) is 22.8 Å². The quantitative estimate of drug-likeness (QED) is 0.0204. The highest BCUT2D eigenvalue weighted by Crippen LogP contribution is 2.31. The van der Waals surface area contributed by atoms with Gasteiger partial charge in [-0.1, -0.05) is 104 Å². The molecule has 2 aromatic heterocycles. The molecule has 4 aromatic carbocycles. The maximum Gasteiger partial charge on any atom is 0.343 e. The van der Waals surface area contributed by atoms with Gasteiger partial charge in [0, 0.05) is 35.9 Å². The maximum absolute atomic E-state index is 13.5. The molecule has 0 N–H and O–H groups in total. The highest BCUT2D eigenvalue weighted by atomic mass is 16.5. The van der Waals surface area contributed by atoms with Crippen molar-refractivity contribution in [2.45, 2.75) is 207 Å². The van der Waals surface area contributed by atoms with E-state index in [-0.39, 0.29) is 6.10 Å². The van der Waals surface area contributed by atoms with Gasteiger partial charge in [0.25, 0.3) is 0 Å². The van der Waals surface area contributed by atoms with Crippen LogP contribution in [0.4, 0.5) is 0 Å². The molecule has 0 saturated heterocycles. The SMILES string of the molecule is CCCCCCCCc1cnc(-c2ccc(OCCCCCCOc3ccc(C(=O)Oc4ccc(C(=O)OC(C)CCCCCC)cc4)cc3OCCCCCCOc3ccc(-c4ncc(CCCCCCCC)cn4)cc3)cc2)nc1. The molecule has 82 heavy (non-hydrogen) atoms. The number of esters is 2. The van der Waals surface area contributed by atoms with E-state index in [0.717, 1.165) is 124 Å². The van der Waals surface area contributed by atoms with Crippen molar-refractivity contribution in [3.05, 3.63) is 138 Å². The smallest absolute Gasteiger partial charge is 0.343 e. The number of aryl methyl sites for hydroxylation is 2. The molecule has 12 heteroatoms. The third-order valence-electron chi connectivity index (χ3n) is 14.7. The largest absolute Gasteiger partial charge is 0.494 e. The molecule has 0 saturated carbocycles. The number of nitrogens with zero attached hydrogens (tertiary/aromatic N) is 4. The molecule has 12 nitrogen and oxygen atoms in total. The fourth-order valence-corrected chi connectivity index (χ4v) is 9.61. The van der Waals surface area contributed by atoms with Crippen LogP contribution in [0, 0.1) is 0 Å². The number of benzene rings is 4. The lowest BCUT2D eigenvalue weighted by Gasteiger charge is -2.15. The van der Waals surface area contributed by atoms with Gasteiger partial charge in [0.2, 0.25) is 0 Å². The maximum atomic E-state index is 13.5. The van der Waals surface area contributed by atoms with Gasteiger partial charge in [-0.3, -0.25) is 0 Å². The van der Waals surface area contributed by atoms with Crippen molar-refractivity contribution in [1.29, 1.82) is 0 Å². The minimum atomic E-state index is -0.543. The zero-order chi connectivity index (χ0) is 57.7. The van der Waals surface area contributed by atoms with Gasteiger partial charge in [0.1, 0.15) is 17.2 Å². The summed E-state index contributed by atoms with van der Waals surface area (Å²) < 4.78 is 36.2. The zero-order valence-electron chi connectivity index (χ0n) is 50.0. The van der Waals surface area contributed by atoms with Gasteiger partial charge in [-0.25, -0.2) is 29.5 Å². The summed E-state index contributed by atoms with van der Waals surface area (Å²) in [7, 11) is 0. The van der Waals surface area contributed by atoms with E-state index in [1.165, 1.54) is 94.6 Å². The summed E-state index contributed by atoms with van der Waals surface area (Å²) in [5, 5.41) is 0. The van der Waals surface area contributed by atoms with Gasteiger partial charge in [-0.15, -0.1) is 0 Å². The monoisotopic (exact) mass is 1120 g/mol. The molecule has 0 bridgehead atoms. The van der Waals surface area contributed by atoms with E-state index in [0.29, 0.717) is 54.8 Å². The average molecular weight is 1120 g/mol. The Morgan fingerprint density at radius 1 is 0.390 bits per heavy atom. The Morgan fingerprint density at radius 2 is 0.780 bits per heavy atom. The third-order valence-corrected chi connectivity index (χ3v) is 14.7. The van der Waals surface area contributed by atoms with Crippen LogP contribution in [0.2, 0.25) is 0 Å². The van der Waals surface area contributed by atoms with Gasteiger partial charge in [0.05, 0.1) is 43.7 Å². The van der Waals surface area contributed by atoms with Gasteiger partial charge in [-0.2, -0.15) is 0 Å². The Labute approximate surface area is 490 Å². The van der Waals surface area contributed by atoms with E-state index in [2.05, 4.69) is 40.7 Å². The van der Waals surface area contributed by atoms with Crippen LogP contribution in [0.3, 0.4) is 0 Å². The van der Waals surface area contributed by atoms with Crippen molar-refractivity contribution in [2.75, 3.05) is 26.4 Å². The van der Waals surface area contributed by atoms with Crippen LogP contribution in [-0.2, 0) is 17.6 Å². The number of hydrogen-bond acceptors (Lipinski definition) is 12. The van der Waals surface area contributed by atoms with E-state index >= 15 is 0 Å². The van der Waals surface area contributed by atoms with Crippen LogP contribution in [0.15, 0.2) is 116 Å². The van der Waals surface area contributed by atoms with Gasteiger partial charge >= 0.3 is 11.9 Å². The van der Waals surface area contributed by atoms with Crippen LogP contribution in [0.1, 0.15) is 220 Å². The van der Waals surface area contributed by atoms with Crippen LogP contribution < -0.4 is 23.7 Å². The Bertz CT molecular complexity index is 2660. The molecule has 2 heterocycles. The predicted molar refractivity (Wildman–Crippen MR) is 329 cm³/mol. The Hall–Kier alpha value is -6.82. The first-order valence-corrected chi connectivity index (χ1v) is 31.3. The van der Waals surface area contributed by atoms with E-state index in [1.807, 2.05) is 80.2 Å². The molecule has 0 fully saturated rings. The standard InChI is InChI=1S/C70H94N4O8/c1-5-8-11-14-16-23-30-56-51-71-67(72-52-56)58-32-39-62(40-33-58)77-46-25-18-20-27-48-79-65-45-38-61(70(76)82-64-43-36-60(37-44-64)69(75)81-55(4)29-22-13-10-7-3)50-66(65)80-49-28-21-19-26-47-78-63-41-34-59(35-42-63)68-73-53-57(54-74-68)31-24-17-15-12-9-6-2/h32-45,50-55H,5-31,46-49H2,1-4H3. The van der Waals surface area contributed by atoms with E-state index < -0.39 is 11.9 Å².